The standard InChI is InChI=1S/C14H13F2NO2/c15-13(16)11-6-8(7-12(17)14(18)19)5-9-3-1-2-4-10(9)11/h1-6,12-13H,7,17H2,(H,18,19)/t12-/m0/s1. The van der Waals surface area contributed by atoms with Crippen molar-refractivity contribution in [2.24, 2.45) is 5.73 Å². The molecule has 2 rings (SSSR count). The van der Waals surface area contributed by atoms with E-state index in [4.69, 9.17) is 10.8 Å². The molecule has 0 amide bonds. The zero-order chi connectivity index (χ0) is 14.0. The second-order valence-electron chi connectivity index (χ2n) is 4.36. The van der Waals surface area contributed by atoms with Gasteiger partial charge in [-0.1, -0.05) is 30.3 Å². The first-order valence-corrected chi connectivity index (χ1v) is 5.77. The van der Waals surface area contributed by atoms with E-state index in [1.807, 2.05) is 0 Å². The SMILES string of the molecule is N[C@@H](Cc1cc(C(F)F)c2ccccc2c1)C(=O)O. The van der Waals surface area contributed by atoms with Crippen LogP contribution in [0.15, 0.2) is 36.4 Å². The Hall–Kier alpha value is -2.01. The van der Waals surface area contributed by atoms with Crippen molar-refractivity contribution in [3.05, 3.63) is 47.5 Å². The highest BCUT2D eigenvalue weighted by Crippen LogP contribution is 2.29. The summed E-state index contributed by atoms with van der Waals surface area (Å²) in [6, 6.07) is 8.72. The first kappa shape index (κ1) is 13.4. The molecule has 0 unspecified atom stereocenters. The maximum Gasteiger partial charge on any atom is 0.320 e. The molecular formula is C14H13F2NO2. The Morgan fingerprint density at radius 2 is 1.95 bits per heavy atom. The van der Waals surface area contributed by atoms with Gasteiger partial charge in [-0.2, -0.15) is 0 Å². The Kier molecular flexibility index (Phi) is 3.76. The predicted molar refractivity (Wildman–Crippen MR) is 68.2 cm³/mol. The Balaban J connectivity index is 2.49. The van der Waals surface area contributed by atoms with Crippen LogP contribution >= 0.6 is 0 Å². The number of benzene rings is 2. The summed E-state index contributed by atoms with van der Waals surface area (Å²) in [5, 5.41) is 9.90. The molecule has 0 heterocycles. The van der Waals surface area contributed by atoms with Crippen molar-refractivity contribution in [1.29, 1.82) is 0 Å². The number of fused-ring (bicyclic) bond motifs is 1. The fourth-order valence-electron chi connectivity index (χ4n) is 2.04. The third-order valence-corrected chi connectivity index (χ3v) is 2.96. The van der Waals surface area contributed by atoms with Gasteiger partial charge < -0.3 is 10.8 Å². The van der Waals surface area contributed by atoms with Gasteiger partial charge >= 0.3 is 5.97 Å². The zero-order valence-corrected chi connectivity index (χ0v) is 10.0. The molecule has 3 N–H and O–H groups in total. The van der Waals surface area contributed by atoms with Gasteiger partial charge in [0.1, 0.15) is 6.04 Å². The van der Waals surface area contributed by atoms with Crippen molar-refractivity contribution in [2.75, 3.05) is 0 Å². The molecule has 0 aliphatic heterocycles. The second-order valence-corrected chi connectivity index (χ2v) is 4.36. The molecule has 0 aromatic heterocycles. The lowest BCUT2D eigenvalue weighted by Gasteiger charge is -2.11. The lowest BCUT2D eigenvalue weighted by Crippen LogP contribution is -2.32. The highest BCUT2D eigenvalue weighted by atomic mass is 19.3. The minimum Gasteiger partial charge on any atom is -0.480 e. The van der Waals surface area contributed by atoms with E-state index in [0.29, 0.717) is 16.3 Å². The maximum atomic E-state index is 13.0. The van der Waals surface area contributed by atoms with Crippen LogP contribution in [0.5, 0.6) is 0 Å². The van der Waals surface area contributed by atoms with Crippen molar-refractivity contribution in [3.8, 4) is 0 Å². The van der Waals surface area contributed by atoms with Crippen molar-refractivity contribution < 1.29 is 18.7 Å². The molecule has 0 aliphatic carbocycles. The minimum absolute atomic E-state index is 0.0277. The van der Waals surface area contributed by atoms with E-state index in [1.165, 1.54) is 6.07 Å². The summed E-state index contributed by atoms with van der Waals surface area (Å²) in [4.78, 5) is 10.7. The molecule has 1 atom stereocenters. The highest BCUT2D eigenvalue weighted by molar-refractivity contribution is 5.87. The van der Waals surface area contributed by atoms with E-state index < -0.39 is 18.4 Å². The number of carboxylic acid groups (broad SMARTS) is 1. The van der Waals surface area contributed by atoms with Crippen LogP contribution in [0, 0.1) is 0 Å². The number of halogens is 2. The molecule has 3 nitrogen and oxygen atoms in total. The molecule has 0 bridgehead atoms. The molecule has 0 saturated carbocycles. The maximum absolute atomic E-state index is 13.0. The Morgan fingerprint density at radius 1 is 1.26 bits per heavy atom. The van der Waals surface area contributed by atoms with E-state index in [2.05, 4.69) is 0 Å². The van der Waals surface area contributed by atoms with Crippen LogP contribution in [0.3, 0.4) is 0 Å². The van der Waals surface area contributed by atoms with Gasteiger partial charge in [-0.05, 0) is 28.8 Å². The fraction of sp³-hybridized carbons (Fsp3) is 0.214. The molecular weight excluding hydrogens is 252 g/mol. The third-order valence-electron chi connectivity index (χ3n) is 2.96. The van der Waals surface area contributed by atoms with Gasteiger partial charge in [-0.15, -0.1) is 0 Å². The van der Waals surface area contributed by atoms with Crippen LogP contribution in [0.25, 0.3) is 10.8 Å². The number of alkyl halides is 2. The summed E-state index contributed by atoms with van der Waals surface area (Å²) < 4.78 is 26.1. The summed E-state index contributed by atoms with van der Waals surface area (Å²) in [6.45, 7) is 0. The predicted octanol–water partition coefficient (Wildman–Crippen LogP) is 2.73. The summed E-state index contributed by atoms with van der Waals surface area (Å²) >= 11 is 0. The van der Waals surface area contributed by atoms with Crippen LogP contribution < -0.4 is 5.73 Å². The van der Waals surface area contributed by atoms with Gasteiger partial charge in [0.2, 0.25) is 0 Å². The zero-order valence-electron chi connectivity index (χ0n) is 10.0. The van der Waals surface area contributed by atoms with E-state index in [9.17, 15) is 13.6 Å². The van der Waals surface area contributed by atoms with Crippen molar-refractivity contribution >= 4 is 16.7 Å². The van der Waals surface area contributed by atoms with Crippen LogP contribution in [0.1, 0.15) is 17.6 Å². The lowest BCUT2D eigenvalue weighted by molar-refractivity contribution is -0.138. The van der Waals surface area contributed by atoms with Gasteiger partial charge in [-0.25, -0.2) is 8.78 Å². The molecule has 2 aromatic rings. The van der Waals surface area contributed by atoms with Gasteiger partial charge in [0.05, 0.1) is 0 Å². The average Bonchev–Trinajstić information content (AvgIpc) is 2.37. The van der Waals surface area contributed by atoms with Crippen LogP contribution in [-0.4, -0.2) is 17.1 Å². The average molecular weight is 265 g/mol. The number of hydrogen-bond acceptors (Lipinski definition) is 2. The number of carboxylic acids is 1. The van der Waals surface area contributed by atoms with Crippen molar-refractivity contribution in [3.63, 3.8) is 0 Å². The van der Waals surface area contributed by atoms with Gasteiger partial charge in [0.25, 0.3) is 6.43 Å². The van der Waals surface area contributed by atoms with Gasteiger partial charge in [0.15, 0.2) is 0 Å². The number of hydrogen-bond donors (Lipinski definition) is 2. The Morgan fingerprint density at radius 3 is 2.58 bits per heavy atom. The normalized spacial score (nSPS) is 12.8. The number of aliphatic carboxylic acids is 1. The topological polar surface area (TPSA) is 63.3 Å². The van der Waals surface area contributed by atoms with Crippen LogP contribution in [0.2, 0.25) is 0 Å². The van der Waals surface area contributed by atoms with E-state index in [1.54, 1.807) is 30.3 Å². The van der Waals surface area contributed by atoms with Gasteiger partial charge in [-0.3, -0.25) is 4.79 Å². The van der Waals surface area contributed by atoms with E-state index in [0.717, 1.165) is 0 Å². The Labute approximate surface area is 108 Å². The fourth-order valence-corrected chi connectivity index (χ4v) is 2.04. The minimum atomic E-state index is -2.61. The summed E-state index contributed by atoms with van der Waals surface area (Å²) in [6.07, 6.45) is -2.58. The molecule has 0 spiro atoms. The number of nitrogens with two attached hydrogens (primary N) is 1. The molecule has 5 heteroatoms. The Bertz CT molecular complexity index is 613. The second kappa shape index (κ2) is 5.32. The van der Waals surface area contributed by atoms with Gasteiger partial charge in [0, 0.05) is 5.56 Å². The summed E-state index contributed by atoms with van der Waals surface area (Å²) in [5.41, 5.74) is 5.84. The first-order chi connectivity index (χ1) is 8.99. The van der Waals surface area contributed by atoms with Crippen molar-refractivity contribution in [1.82, 2.24) is 0 Å². The third kappa shape index (κ3) is 2.88. The largest absolute Gasteiger partial charge is 0.480 e. The molecule has 0 saturated heterocycles. The van der Waals surface area contributed by atoms with Crippen molar-refractivity contribution in [2.45, 2.75) is 18.9 Å². The molecule has 0 aliphatic rings. The number of carbonyl (C=O) groups is 1. The summed E-state index contributed by atoms with van der Waals surface area (Å²) in [5.74, 6) is -1.15. The van der Waals surface area contributed by atoms with E-state index in [-0.39, 0.29) is 12.0 Å². The molecule has 0 fully saturated rings. The molecule has 100 valence electrons. The number of rotatable bonds is 4. The molecule has 2 aromatic carbocycles. The molecule has 0 radical (unpaired) electrons. The summed E-state index contributed by atoms with van der Waals surface area (Å²) in [7, 11) is 0. The quantitative estimate of drug-likeness (QED) is 0.893. The lowest BCUT2D eigenvalue weighted by atomic mass is 9.97. The monoisotopic (exact) mass is 265 g/mol. The smallest absolute Gasteiger partial charge is 0.320 e. The highest BCUT2D eigenvalue weighted by Gasteiger charge is 2.16. The van der Waals surface area contributed by atoms with E-state index >= 15 is 0 Å². The van der Waals surface area contributed by atoms with Crippen LogP contribution in [-0.2, 0) is 11.2 Å². The van der Waals surface area contributed by atoms with Crippen LogP contribution in [0.4, 0.5) is 8.78 Å². The first-order valence-electron chi connectivity index (χ1n) is 5.77. The molecule has 19 heavy (non-hydrogen) atoms.